The van der Waals surface area contributed by atoms with Crippen molar-refractivity contribution >= 4 is 31.4 Å². The normalized spacial score (nSPS) is 11.7. The van der Waals surface area contributed by atoms with Crippen molar-refractivity contribution in [3.8, 4) is 5.75 Å². The summed E-state index contributed by atoms with van der Waals surface area (Å²) in [7, 11) is -3.73. The van der Waals surface area contributed by atoms with Crippen molar-refractivity contribution in [3.63, 3.8) is 0 Å². The summed E-state index contributed by atoms with van der Waals surface area (Å²) in [6, 6.07) is 8.13. The fourth-order valence-electron chi connectivity index (χ4n) is 2.99. The molecule has 1 amide bonds. The molecular formula is C24H27F3NO9P. The van der Waals surface area contributed by atoms with Gasteiger partial charge in [0, 0.05) is 18.5 Å². The average Bonchev–Trinajstić information content (AvgIpc) is 2.83. The van der Waals surface area contributed by atoms with E-state index in [2.05, 4.69) is 5.32 Å². The molecule has 0 unspecified atom stereocenters. The molecule has 0 atom stereocenters. The number of carboxylic acid groups (broad SMARTS) is 1. The van der Waals surface area contributed by atoms with Gasteiger partial charge in [-0.05, 0) is 56.2 Å². The van der Waals surface area contributed by atoms with Crippen LogP contribution >= 0.6 is 7.82 Å². The van der Waals surface area contributed by atoms with Crippen LogP contribution in [0, 0.1) is 0 Å². The fraction of sp³-hybridized carbons (Fsp3) is 0.375. The second kappa shape index (κ2) is 14.1. The molecule has 10 nitrogen and oxygen atoms in total. The molecule has 38 heavy (non-hydrogen) atoms. The molecule has 0 saturated carbocycles. The van der Waals surface area contributed by atoms with E-state index in [4.69, 9.17) is 23.4 Å². The Morgan fingerprint density at radius 3 is 2.13 bits per heavy atom. The number of carbonyl (C=O) groups excluding carboxylic acids is 2. The molecule has 0 aliphatic rings. The predicted octanol–water partition coefficient (Wildman–Crippen LogP) is 5.82. The van der Waals surface area contributed by atoms with Gasteiger partial charge in [0.05, 0.1) is 30.9 Å². The molecule has 0 fully saturated rings. The van der Waals surface area contributed by atoms with Crippen LogP contribution in [0.3, 0.4) is 0 Å². The molecule has 208 valence electrons. The summed E-state index contributed by atoms with van der Waals surface area (Å²) in [6.07, 6.45) is -5.55. The van der Waals surface area contributed by atoms with E-state index in [9.17, 15) is 32.1 Å². The van der Waals surface area contributed by atoms with Crippen molar-refractivity contribution in [2.45, 2.75) is 45.9 Å². The van der Waals surface area contributed by atoms with E-state index in [1.165, 1.54) is 12.1 Å². The van der Waals surface area contributed by atoms with E-state index in [0.29, 0.717) is 17.7 Å². The number of esters is 1. The van der Waals surface area contributed by atoms with Crippen molar-refractivity contribution in [3.05, 3.63) is 59.2 Å². The topological polar surface area (TPSA) is 137 Å². The minimum Gasteiger partial charge on any atom is -0.481 e. The quantitative estimate of drug-likeness (QED) is 0.166. The first-order valence-electron chi connectivity index (χ1n) is 11.4. The lowest BCUT2D eigenvalue weighted by molar-refractivity contribution is -0.140. The third-order valence-corrected chi connectivity index (χ3v) is 6.32. The molecule has 0 radical (unpaired) electrons. The third-order valence-electron chi connectivity index (χ3n) is 4.72. The van der Waals surface area contributed by atoms with Crippen LogP contribution in [-0.4, -0.2) is 36.2 Å². The van der Waals surface area contributed by atoms with Gasteiger partial charge in [-0.2, -0.15) is 13.2 Å². The molecule has 2 rings (SSSR count). The highest BCUT2D eigenvalue weighted by atomic mass is 31.2. The van der Waals surface area contributed by atoms with Gasteiger partial charge in [-0.25, -0.2) is 4.57 Å². The SMILES string of the molecule is CCOP(=O)(OCC)OCc1ccc(NC(=O)c2ccc(C(F)(F)F)cc2OC(=O)CCCC(=O)O)cc1. The summed E-state index contributed by atoms with van der Waals surface area (Å²) in [4.78, 5) is 35.5. The second-order valence-corrected chi connectivity index (χ2v) is 9.31. The number of nitrogens with one attached hydrogen (secondary N) is 1. The molecule has 0 spiro atoms. The van der Waals surface area contributed by atoms with Gasteiger partial charge in [0.25, 0.3) is 5.91 Å². The molecule has 0 heterocycles. The van der Waals surface area contributed by atoms with Crippen LogP contribution in [-0.2, 0) is 40.5 Å². The van der Waals surface area contributed by atoms with Crippen molar-refractivity contribution in [1.82, 2.24) is 0 Å². The summed E-state index contributed by atoms with van der Waals surface area (Å²) in [5, 5.41) is 11.2. The summed E-state index contributed by atoms with van der Waals surface area (Å²) in [5.74, 6) is -3.61. The number of benzene rings is 2. The van der Waals surface area contributed by atoms with Gasteiger partial charge in [0.2, 0.25) is 0 Å². The molecular weight excluding hydrogens is 534 g/mol. The number of carboxylic acids is 1. The number of rotatable bonds is 14. The van der Waals surface area contributed by atoms with E-state index in [-0.39, 0.29) is 50.3 Å². The van der Waals surface area contributed by atoms with Crippen LogP contribution in [0.5, 0.6) is 5.75 Å². The van der Waals surface area contributed by atoms with Crippen LogP contribution in [0.1, 0.15) is 54.6 Å². The summed E-state index contributed by atoms with van der Waals surface area (Å²) < 4.78 is 72.3. The summed E-state index contributed by atoms with van der Waals surface area (Å²) in [6.45, 7) is 3.38. The highest BCUT2D eigenvalue weighted by Gasteiger charge is 2.32. The molecule has 2 N–H and O–H groups in total. The number of alkyl halides is 3. The molecule has 0 aliphatic carbocycles. The molecule has 0 saturated heterocycles. The number of hydrogen-bond donors (Lipinski definition) is 2. The fourth-order valence-corrected chi connectivity index (χ4v) is 4.16. The van der Waals surface area contributed by atoms with Crippen molar-refractivity contribution in [2.75, 3.05) is 18.5 Å². The standard InChI is InChI=1S/C24H27F3NO9P/c1-3-34-38(33,35-4-2)36-15-16-8-11-18(12-9-16)28-23(32)19-13-10-17(24(25,26)27)14-20(19)37-22(31)7-5-6-21(29)30/h8-14H,3-7,15H2,1-2H3,(H,28,32)(H,29,30). The van der Waals surface area contributed by atoms with Crippen LogP contribution in [0.2, 0.25) is 0 Å². The second-order valence-electron chi connectivity index (χ2n) is 7.64. The Morgan fingerprint density at radius 2 is 1.58 bits per heavy atom. The van der Waals surface area contributed by atoms with Crippen LogP contribution < -0.4 is 10.1 Å². The molecule has 14 heteroatoms. The molecule has 2 aromatic rings. The lowest BCUT2D eigenvalue weighted by Gasteiger charge is -2.16. The van der Waals surface area contributed by atoms with Crippen molar-refractivity contribution < 1.29 is 55.5 Å². The average molecular weight is 561 g/mol. The lowest BCUT2D eigenvalue weighted by atomic mass is 10.1. The first-order valence-corrected chi connectivity index (χ1v) is 12.9. The Labute approximate surface area is 216 Å². The number of carbonyl (C=O) groups is 3. The van der Waals surface area contributed by atoms with E-state index in [1.807, 2.05) is 0 Å². The Kier molecular flexibility index (Phi) is 11.5. The Hall–Kier alpha value is -3.25. The third kappa shape index (κ3) is 9.90. The molecule has 2 aromatic carbocycles. The van der Waals surface area contributed by atoms with Crippen molar-refractivity contribution in [2.24, 2.45) is 0 Å². The zero-order chi connectivity index (χ0) is 28.3. The number of halogens is 3. The van der Waals surface area contributed by atoms with E-state index >= 15 is 0 Å². The highest BCUT2D eigenvalue weighted by Crippen LogP contribution is 2.49. The number of aliphatic carboxylic acids is 1. The number of anilines is 1. The van der Waals surface area contributed by atoms with E-state index in [1.54, 1.807) is 26.0 Å². The summed E-state index contributed by atoms with van der Waals surface area (Å²) in [5.41, 5.74) is -0.655. The monoisotopic (exact) mass is 561 g/mol. The van der Waals surface area contributed by atoms with Gasteiger partial charge in [0.15, 0.2) is 0 Å². The molecule has 0 bridgehead atoms. The Bertz CT molecular complexity index is 1160. The smallest absolute Gasteiger partial charge is 0.475 e. The zero-order valence-electron chi connectivity index (χ0n) is 20.6. The van der Waals surface area contributed by atoms with Gasteiger partial charge in [-0.3, -0.25) is 28.0 Å². The predicted molar refractivity (Wildman–Crippen MR) is 129 cm³/mol. The number of phosphoric acid groups is 1. The van der Waals surface area contributed by atoms with Crippen LogP contribution in [0.4, 0.5) is 18.9 Å². The highest BCUT2D eigenvalue weighted by molar-refractivity contribution is 7.48. The van der Waals surface area contributed by atoms with Crippen LogP contribution in [0.15, 0.2) is 42.5 Å². The number of ether oxygens (including phenoxy) is 1. The first kappa shape index (κ1) is 31.0. The summed E-state index contributed by atoms with van der Waals surface area (Å²) >= 11 is 0. The van der Waals surface area contributed by atoms with Gasteiger partial charge < -0.3 is 15.2 Å². The largest absolute Gasteiger partial charge is 0.481 e. The maximum absolute atomic E-state index is 13.2. The number of phosphoric ester groups is 1. The number of hydrogen-bond acceptors (Lipinski definition) is 8. The molecule has 0 aromatic heterocycles. The zero-order valence-corrected chi connectivity index (χ0v) is 21.5. The van der Waals surface area contributed by atoms with Gasteiger partial charge in [-0.15, -0.1) is 0 Å². The maximum Gasteiger partial charge on any atom is 0.475 e. The van der Waals surface area contributed by atoms with Crippen LogP contribution in [0.25, 0.3) is 0 Å². The lowest BCUT2D eigenvalue weighted by Crippen LogP contribution is -2.17. The Balaban J connectivity index is 2.14. The Morgan fingerprint density at radius 1 is 0.947 bits per heavy atom. The van der Waals surface area contributed by atoms with Gasteiger partial charge in [-0.1, -0.05) is 12.1 Å². The number of amides is 1. The molecule has 0 aliphatic heterocycles. The minimum absolute atomic E-state index is 0.0880. The minimum atomic E-state index is -4.76. The van der Waals surface area contributed by atoms with E-state index in [0.717, 1.165) is 6.07 Å². The van der Waals surface area contributed by atoms with Gasteiger partial charge in [0.1, 0.15) is 5.75 Å². The van der Waals surface area contributed by atoms with Crippen molar-refractivity contribution in [1.29, 1.82) is 0 Å². The van der Waals surface area contributed by atoms with E-state index < -0.39 is 43.2 Å². The maximum atomic E-state index is 13.2. The van der Waals surface area contributed by atoms with Gasteiger partial charge >= 0.3 is 25.9 Å². The first-order chi connectivity index (χ1) is 17.9.